The van der Waals surface area contributed by atoms with E-state index in [-0.39, 0.29) is 13.2 Å². The number of alkyl halides is 1. The van der Waals surface area contributed by atoms with Crippen LogP contribution in [0.25, 0.3) is 0 Å². The fraction of sp³-hybridized carbons (Fsp3) is 0.941. The van der Waals surface area contributed by atoms with Gasteiger partial charge in [0.15, 0.2) is 5.79 Å². The molecular formula is C17H34FNO8S. The number of quaternary nitrogens is 1. The molecule has 0 bridgehead atoms. The molecule has 9 nitrogen and oxygen atoms in total. The quantitative estimate of drug-likeness (QED) is 0.313. The molecule has 0 amide bonds. The van der Waals surface area contributed by atoms with E-state index in [1.54, 1.807) is 4.90 Å². The Hall–Kier alpha value is -0.850. The molecule has 168 valence electrons. The lowest BCUT2D eigenvalue weighted by Crippen LogP contribution is -3.11. The van der Waals surface area contributed by atoms with Crippen molar-refractivity contribution in [3.63, 3.8) is 0 Å². The first-order chi connectivity index (χ1) is 12.7. The molecule has 0 saturated carbocycles. The van der Waals surface area contributed by atoms with Crippen molar-refractivity contribution in [2.45, 2.75) is 72.1 Å². The minimum atomic E-state index is -5.26. The van der Waals surface area contributed by atoms with Crippen molar-refractivity contribution in [2.75, 3.05) is 32.8 Å². The predicted octanol–water partition coefficient (Wildman–Crippen LogP) is 0.206. The summed E-state index contributed by atoms with van der Waals surface area (Å²) in [7, 11) is -5.26. The van der Waals surface area contributed by atoms with Crippen molar-refractivity contribution in [1.82, 2.24) is 0 Å². The zero-order valence-electron chi connectivity index (χ0n) is 17.7. The van der Waals surface area contributed by atoms with Crippen LogP contribution in [0.1, 0.15) is 48.5 Å². The Labute approximate surface area is 167 Å². The molecule has 0 unspecified atom stereocenters. The lowest BCUT2D eigenvalue weighted by atomic mass is 9.97. The molecule has 1 fully saturated rings. The molecule has 1 aliphatic heterocycles. The van der Waals surface area contributed by atoms with Gasteiger partial charge >= 0.3 is 5.97 Å². The van der Waals surface area contributed by atoms with Gasteiger partial charge in [-0.05, 0) is 48.5 Å². The average molecular weight is 432 g/mol. The molecule has 3 atom stereocenters. The van der Waals surface area contributed by atoms with Crippen molar-refractivity contribution in [1.29, 1.82) is 0 Å². The highest BCUT2D eigenvalue weighted by Crippen LogP contribution is 2.33. The van der Waals surface area contributed by atoms with E-state index in [0.717, 1.165) is 6.92 Å². The number of hydrogen-bond acceptors (Lipinski definition) is 8. The predicted molar refractivity (Wildman–Crippen MR) is 98.2 cm³/mol. The Bertz CT molecular complexity index is 572. The van der Waals surface area contributed by atoms with Gasteiger partial charge in [-0.1, -0.05) is 0 Å². The third-order valence-electron chi connectivity index (χ3n) is 4.30. The van der Waals surface area contributed by atoms with Gasteiger partial charge in [0.05, 0.1) is 32.8 Å². The minimum Gasteiger partial charge on any atom is -0.726 e. The maximum Gasteiger partial charge on any atom is 0.346 e. The zero-order chi connectivity index (χ0) is 22.2. The van der Waals surface area contributed by atoms with Crippen molar-refractivity contribution >= 4 is 16.4 Å². The molecule has 0 radical (unpaired) electrons. The summed E-state index contributed by atoms with van der Waals surface area (Å²) in [5, 5.41) is 0. The lowest BCUT2D eigenvalue weighted by Gasteiger charge is -2.32. The third kappa shape index (κ3) is 9.10. The maximum absolute atomic E-state index is 14.6. The second-order valence-electron chi connectivity index (χ2n) is 6.90. The van der Waals surface area contributed by atoms with Crippen molar-refractivity contribution < 1.29 is 45.4 Å². The molecule has 11 heteroatoms. The van der Waals surface area contributed by atoms with Crippen LogP contribution in [-0.2, 0) is 33.6 Å². The molecule has 1 aliphatic rings. The summed E-state index contributed by atoms with van der Waals surface area (Å²) in [6.07, 6.45) is -3.27. The highest BCUT2D eigenvalue weighted by Gasteiger charge is 2.53. The number of hydrogen-bond donors (Lipinski definition) is 1. The fourth-order valence-corrected chi connectivity index (χ4v) is 3.19. The topological polar surface area (TPSA) is 116 Å². The van der Waals surface area contributed by atoms with Crippen molar-refractivity contribution in [2.24, 2.45) is 0 Å². The molecule has 0 aromatic heterocycles. The normalized spacial score (nSPS) is 22.1. The first kappa shape index (κ1) is 27.1. The van der Waals surface area contributed by atoms with E-state index in [1.165, 1.54) is 40.4 Å². The SMILES string of the molecule is CCOC(=O)[C@](C)(F)[C@H](OS(=O)(=O)[O-])[C@H]1COC(C)(C)O1.CC[NH+](CC)CC. The van der Waals surface area contributed by atoms with Crippen LogP contribution in [0, 0.1) is 0 Å². The largest absolute Gasteiger partial charge is 0.726 e. The Balaban J connectivity index is 0.000000887. The number of nitrogens with one attached hydrogen (secondary N) is 1. The van der Waals surface area contributed by atoms with Crippen LogP contribution < -0.4 is 4.90 Å². The molecule has 1 heterocycles. The summed E-state index contributed by atoms with van der Waals surface area (Å²) >= 11 is 0. The molecule has 1 rings (SSSR count). The number of carbonyl (C=O) groups excluding carboxylic acids is 1. The monoisotopic (exact) mass is 431 g/mol. The number of rotatable bonds is 9. The number of carbonyl (C=O) groups is 1. The van der Waals surface area contributed by atoms with Gasteiger partial charge < -0.3 is 23.7 Å². The van der Waals surface area contributed by atoms with Crippen LogP contribution in [0.5, 0.6) is 0 Å². The van der Waals surface area contributed by atoms with E-state index >= 15 is 0 Å². The van der Waals surface area contributed by atoms with Gasteiger partial charge in [0.1, 0.15) is 12.2 Å². The van der Waals surface area contributed by atoms with Gasteiger partial charge in [-0.3, -0.25) is 4.18 Å². The van der Waals surface area contributed by atoms with E-state index in [4.69, 9.17) is 9.47 Å². The maximum atomic E-state index is 14.6. The zero-order valence-corrected chi connectivity index (χ0v) is 18.6. The smallest absolute Gasteiger partial charge is 0.346 e. The van der Waals surface area contributed by atoms with Crippen molar-refractivity contribution in [3.05, 3.63) is 0 Å². The van der Waals surface area contributed by atoms with Gasteiger partial charge in [-0.15, -0.1) is 0 Å². The summed E-state index contributed by atoms with van der Waals surface area (Å²) in [5.41, 5.74) is -2.90. The van der Waals surface area contributed by atoms with Gasteiger partial charge in [0.25, 0.3) is 0 Å². The number of esters is 1. The van der Waals surface area contributed by atoms with Crippen LogP contribution in [0.2, 0.25) is 0 Å². The van der Waals surface area contributed by atoms with Gasteiger partial charge in [0.2, 0.25) is 16.1 Å². The van der Waals surface area contributed by atoms with E-state index in [0.29, 0.717) is 0 Å². The van der Waals surface area contributed by atoms with Crippen LogP contribution >= 0.6 is 0 Å². The van der Waals surface area contributed by atoms with E-state index in [2.05, 4.69) is 29.7 Å². The highest BCUT2D eigenvalue weighted by molar-refractivity contribution is 7.80. The van der Waals surface area contributed by atoms with Crippen LogP contribution in [0.4, 0.5) is 4.39 Å². The van der Waals surface area contributed by atoms with Gasteiger partial charge in [-0.25, -0.2) is 17.6 Å². The van der Waals surface area contributed by atoms with Crippen LogP contribution in [-0.4, -0.2) is 75.5 Å². The Morgan fingerprint density at radius 1 is 1.29 bits per heavy atom. The van der Waals surface area contributed by atoms with Crippen LogP contribution in [0.3, 0.4) is 0 Å². The molecule has 0 spiro atoms. The fourth-order valence-electron chi connectivity index (χ4n) is 2.63. The molecule has 0 aromatic carbocycles. The van der Waals surface area contributed by atoms with Gasteiger partial charge in [0, 0.05) is 0 Å². The Morgan fingerprint density at radius 2 is 1.79 bits per heavy atom. The second-order valence-corrected chi connectivity index (χ2v) is 7.91. The summed E-state index contributed by atoms with van der Waals surface area (Å²) in [5.74, 6) is -2.48. The van der Waals surface area contributed by atoms with E-state index in [1.807, 2.05) is 0 Å². The third-order valence-corrected chi connectivity index (χ3v) is 4.74. The number of ether oxygens (including phenoxy) is 3. The summed E-state index contributed by atoms with van der Waals surface area (Å²) in [6.45, 7) is 15.3. The molecule has 1 N–H and O–H groups in total. The first-order valence-electron chi connectivity index (χ1n) is 9.39. The standard InChI is InChI=1S/C11H19FO8S.C6H15N/c1-5-17-9(13)11(4,12)8(20-21(14,15)16)7-6-18-10(2,3)19-7;1-4-7(5-2)6-3/h7-8H,5-6H2,1-4H3,(H,14,15,16);4-6H2,1-3H3/t7-,8-,11-;/m1./s1. The first-order valence-corrected chi connectivity index (χ1v) is 10.7. The van der Waals surface area contributed by atoms with E-state index in [9.17, 15) is 22.2 Å². The lowest BCUT2D eigenvalue weighted by molar-refractivity contribution is -0.894. The second kappa shape index (κ2) is 11.4. The Kier molecular flexibility index (Phi) is 11.0. The molecule has 0 aliphatic carbocycles. The number of halogens is 1. The summed E-state index contributed by atoms with van der Waals surface area (Å²) < 4.78 is 66.2. The minimum absolute atomic E-state index is 0.122. The van der Waals surface area contributed by atoms with Crippen molar-refractivity contribution in [3.8, 4) is 0 Å². The molecular weight excluding hydrogens is 397 g/mol. The average Bonchev–Trinajstić information content (AvgIpc) is 2.94. The van der Waals surface area contributed by atoms with E-state index < -0.39 is 40.0 Å². The molecule has 0 aromatic rings. The Morgan fingerprint density at radius 3 is 2.07 bits per heavy atom. The molecule has 1 saturated heterocycles. The summed E-state index contributed by atoms with van der Waals surface area (Å²) in [4.78, 5) is 13.3. The van der Waals surface area contributed by atoms with Gasteiger partial charge in [-0.2, -0.15) is 0 Å². The highest BCUT2D eigenvalue weighted by atomic mass is 32.3. The van der Waals surface area contributed by atoms with Crippen LogP contribution in [0.15, 0.2) is 0 Å². The molecule has 28 heavy (non-hydrogen) atoms. The summed E-state index contributed by atoms with van der Waals surface area (Å²) in [6, 6.07) is 0.